The lowest BCUT2D eigenvalue weighted by atomic mass is 9.98. The third-order valence-electron chi connectivity index (χ3n) is 9.84. The van der Waals surface area contributed by atoms with Crippen molar-refractivity contribution in [1.29, 1.82) is 0 Å². The highest BCUT2D eigenvalue weighted by Crippen LogP contribution is 2.39. The molecule has 5 aromatic rings. The summed E-state index contributed by atoms with van der Waals surface area (Å²) in [6, 6.07) is 32.3. The van der Waals surface area contributed by atoms with E-state index in [4.69, 9.17) is 14.2 Å². The number of nitrogens with zero attached hydrogens (tertiary/aromatic N) is 2. The summed E-state index contributed by atoms with van der Waals surface area (Å²) >= 11 is 0. The summed E-state index contributed by atoms with van der Waals surface area (Å²) in [5.41, 5.74) is 7.67. The lowest BCUT2D eigenvalue weighted by molar-refractivity contribution is -0.253. The molecule has 264 valence electrons. The van der Waals surface area contributed by atoms with Crippen LogP contribution >= 0.6 is 0 Å². The largest absolute Gasteiger partial charge is 0.445 e. The number of alkyl carbamates (subject to hydrolysis) is 1. The summed E-state index contributed by atoms with van der Waals surface area (Å²) < 4.78 is 20.2. The zero-order valence-corrected chi connectivity index (χ0v) is 28.6. The van der Waals surface area contributed by atoms with Gasteiger partial charge in [-0.2, -0.15) is 0 Å². The van der Waals surface area contributed by atoms with E-state index in [1.165, 1.54) is 6.08 Å². The maximum absolute atomic E-state index is 12.8. The van der Waals surface area contributed by atoms with Crippen molar-refractivity contribution in [3.8, 4) is 11.1 Å². The molecule has 1 amide bonds. The fraction of sp³-hybridized carbons (Fsp3) is 0.317. The molecule has 51 heavy (non-hydrogen) atoms. The Morgan fingerprint density at radius 3 is 2.45 bits per heavy atom. The molecule has 7 rings (SSSR count). The number of piperidine rings is 1. The molecule has 2 aliphatic heterocycles. The maximum atomic E-state index is 12.8. The standard InChI is InChI=1S/C41H44N4O6/c1-2-22-49-41(48)42-25-29-6-5-7-33(23-29)30-14-16-32(17-15-30)39-50-35(24-38(51-39)31-12-10-28(27-46)11-13-31)26-44-20-18-34(19-21-44)45-37-9-4-3-8-36(37)43-40(45)47/h2-17,23,34-35,38-39,46H,1,18-22,24-27H2,(H,42,48)(H,43,47)/t35-,38+,39+/m1/s1. The molecule has 2 aliphatic rings. The van der Waals surface area contributed by atoms with Gasteiger partial charge in [0.05, 0.1) is 29.8 Å². The average Bonchev–Trinajstić information content (AvgIpc) is 3.52. The van der Waals surface area contributed by atoms with Crippen LogP contribution in [0.5, 0.6) is 0 Å². The Balaban J connectivity index is 1.04. The fourth-order valence-corrected chi connectivity index (χ4v) is 7.17. The first-order valence-corrected chi connectivity index (χ1v) is 17.6. The van der Waals surface area contributed by atoms with Crippen molar-refractivity contribution in [2.45, 2.75) is 57.0 Å². The molecule has 0 saturated carbocycles. The minimum atomic E-state index is -0.556. The van der Waals surface area contributed by atoms with Gasteiger partial charge in [-0.1, -0.05) is 91.5 Å². The van der Waals surface area contributed by atoms with E-state index < -0.39 is 12.4 Å². The number of carbonyl (C=O) groups excluding carboxylic acids is 1. The van der Waals surface area contributed by atoms with Crippen LogP contribution in [0.4, 0.5) is 4.79 Å². The van der Waals surface area contributed by atoms with Crippen LogP contribution in [0.15, 0.2) is 115 Å². The second-order valence-electron chi connectivity index (χ2n) is 13.3. The summed E-state index contributed by atoms with van der Waals surface area (Å²) in [5.74, 6) is 0. The summed E-state index contributed by atoms with van der Waals surface area (Å²) in [4.78, 5) is 30.2. The number of fused-ring (bicyclic) bond motifs is 1. The van der Waals surface area contributed by atoms with Crippen molar-refractivity contribution in [2.24, 2.45) is 0 Å². The molecule has 2 fully saturated rings. The molecule has 0 spiro atoms. The molecule has 0 bridgehead atoms. The van der Waals surface area contributed by atoms with Crippen molar-refractivity contribution >= 4 is 17.1 Å². The van der Waals surface area contributed by atoms with E-state index in [-0.39, 0.29) is 37.2 Å². The number of aliphatic hydroxyl groups excluding tert-OH is 1. The van der Waals surface area contributed by atoms with Crippen molar-refractivity contribution in [1.82, 2.24) is 19.8 Å². The van der Waals surface area contributed by atoms with E-state index in [0.717, 1.165) is 76.9 Å². The van der Waals surface area contributed by atoms with Gasteiger partial charge in [0.1, 0.15) is 6.61 Å². The van der Waals surface area contributed by atoms with Gasteiger partial charge >= 0.3 is 11.8 Å². The van der Waals surface area contributed by atoms with Crippen LogP contribution in [0, 0.1) is 0 Å². The first kappa shape index (κ1) is 34.4. The van der Waals surface area contributed by atoms with Gasteiger partial charge in [-0.25, -0.2) is 9.59 Å². The van der Waals surface area contributed by atoms with Gasteiger partial charge in [0.2, 0.25) is 0 Å². The van der Waals surface area contributed by atoms with Crippen molar-refractivity contribution < 1.29 is 24.1 Å². The summed E-state index contributed by atoms with van der Waals surface area (Å²) in [6.07, 6.45) is 2.73. The number of ether oxygens (including phenoxy) is 3. The first-order chi connectivity index (χ1) is 25.0. The molecule has 0 aliphatic carbocycles. The Kier molecular flexibility index (Phi) is 10.7. The molecular formula is C41H44N4O6. The molecule has 3 atom stereocenters. The number of aromatic amines is 1. The van der Waals surface area contributed by atoms with Crippen molar-refractivity contribution in [3.05, 3.63) is 142 Å². The topological polar surface area (TPSA) is 118 Å². The average molecular weight is 689 g/mol. The lowest BCUT2D eigenvalue weighted by Crippen LogP contribution is -2.43. The number of nitrogens with one attached hydrogen (secondary N) is 2. The lowest BCUT2D eigenvalue weighted by Gasteiger charge is -2.40. The van der Waals surface area contributed by atoms with Crippen LogP contribution in [0.2, 0.25) is 0 Å². The minimum Gasteiger partial charge on any atom is -0.445 e. The molecular weight excluding hydrogens is 644 g/mol. The highest BCUT2D eigenvalue weighted by Gasteiger charge is 2.34. The normalized spacial score (nSPS) is 19.9. The number of hydrogen-bond acceptors (Lipinski definition) is 7. The van der Waals surface area contributed by atoms with Gasteiger partial charge in [-0.3, -0.25) is 4.57 Å². The molecule has 3 heterocycles. The minimum absolute atomic E-state index is 0.00513. The van der Waals surface area contributed by atoms with E-state index in [1.807, 2.05) is 71.3 Å². The number of para-hydroxylation sites is 2. The van der Waals surface area contributed by atoms with Crippen LogP contribution in [-0.4, -0.2) is 58.0 Å². The Hall–Kier alpha value is -5.00. The summed E-state index contributed by atoms with van der Waals surface area (Å²) in [7, 11) is 0. The number of amides is 1. The molecule has 3 N–H and O–H groups in total. The second kappa shape index (κ2) is 15.9. The summed E-state index contributed by atoms with van der Waals surface area (Å²) in [5, 5.41) is 12.4. The smallest absolute Gasteiger partial charge is 0.407 e. The molecule has 4 aromatic carbocycles. The van der Waals surface area contributed by atoms with Gasteiger partial charge in [0.25, 0.3) is 0 Å². The Morgan fingerprint density at radius 1 is 0.922 bits per heavy atom. The number of H-pyrrole nitrogens is 1. The van der Waals surface area contributed by atoms with E-state index in [2.05, 4.69) is 52.1 Å². The zero-order valence-electron chi connectivity index (χ0n) is 28.6. The number of aromatic nitrogens is 2. The molecule has 1 aromatic heterocycles. The number of benzene rings is 4. The van der Waals surface area contributed by atoms with Gasteiger partial charge in [-0.05, 0) is 58.9 Å². The molecule has 0 unspecified atom stereocenters. The molecule has 10 heteroatoms. The highest BCUT2D eigenvalue weighted by atomic mass is 16.7. The second-order valence-corrected chi connectivity index (χ2v) is 13.3. The van der Waals surface area contributed by atoms with Gasteiger partial charge in [0, 0.05) is 44.2 Å². The monoisotopic (exact) mass is 688 g/mol. The molecule has 0 radical (unpaired) electrons. The molecule has 10 nitrogen and oxygen atoms in total. The highest BCUT2D eigenvalue weighted by molar-refractivity contribution is 5.75. The predicted molar refractivity (Wildman–Crippen MR) is 196 cm³/mol. The Bertz CT molecular complexity index is 2000. The Morgan fingerprint density at radius 2 is 1.69 bits per heavy atom. The quantitative estimate of drug-likeness (QED) is 0.131. The van der Waals surface area contributed by atoms with Gasteiger partial charge < -0.3 is 34.5 Å². The fourth-order valence-electron chi connectivity index (χ4n) is 7.17. The molecule has 2 saturated heterocycles. The first-order valence-electron chi connectivity index (χ1n) is 17.6. The van der Waals surface area contributed by atoms with Gasteiger partial charge in [0.15, 0.2) is 6.29 Å². The SMILES string of the molecule is C=CCOC(=O)NCc1cccc(-c2ccc([C@H]3O[C@@H](CN4CCC(n5c(=O)[nH]c6ccccc65)CC4)C[C@@H](c4ccc(CO)cc4)O3)cc2)c1. The third-order valence-corrected chi connectivity index (χ3v) is 9.84. The van der Waals surface area contributed by atoms with E-state index in [9.17, 15) is 14.7 Å². The number of aliphatic hydroxyl groups is 1. The van der Waals surface area contributed by atoms with Crippen LogP contribution in [0.3, 0.4) is 0 Å². The van der Waals surface area contributed by atoms with Gasteiger partial charge in [-0.15, -0.1) is 0 Å². The number of carbonyl (C=O) groups is 1. The van der Waals surface area contributed by atoms with Crippen LogP contribution in [0.25, 0.3) is 22.2 Å². The van der Waals surface area contributed by atoms with Crippen molar-refractivity contribution in [3.63, 3.8) is 0 Å². The van der Waals surface area contributed by atoms with Crippen LogP contribution < -0.4 is 11.0 Å². The number of likely N-dealkylation sites (tertiary alicyclic amines) is 1. The Labute approximate surface area is 297 Å². The number of imidazole rings is 1. The van der Waals surface area contributed by atoms with Crippen LogP contribution in [0.1, 0.15) is 60.0 Å². The number of rotatable bonds is 11. The predicted octanol–water partition coefficient (Wildman–Crippen LogP) is 6.78. The third kappa shape index (κ3) is 8.16. The van der Waals surface area contributed by atoms with E-state index in [1.54, 1.807) is 0 Å². The summed E-state index contributed by atoms with van der Waals surface area (Å²) in [6.45, 7) is 6.58. The van der Waals surface area contributed by atoms with Crippen LogP contribution in [-0.2, 0) is 27.4 Å². The maximum Gasteiger partial charge on any atom is 0.407 e. The zero-order chi connectivity index (χ0) is 35.2. The van der Waals surface area contributed by atoms with Crippen molar-refractivity contribution in [2.75, 3.05) is 26.2 Å². The van der Waals surface area contributed by atoms with E-state index in [0.29, 0.717) is 13.0 Å². The number of hydrogen-bond donors (Lipinski definition) is 3. The van der Waals surface area contributed by atoms with E-state index >= 15 is 0 Å².